The summed E-state index contributed by atoms with van der Waals surface area (Å²) in [5, 5.41) is 10.4. The molecule has 0 saturated carbocycles. The molecule has 1 N–H and O–H groups in total. The maximum absolute atomic E-state index is 12.3. The van der Waals surface area contributed by atoms with Gasteiger partial charge in [0.1, 0.15) is 5.75 Å². The minimum absolute atomic E-state index is 0.296. The van der Waals surface area contributed by atoms with Gasteiger partial charge in [-0.2, -0.15) is 0 Å². The number of hydrogen-bond acceptors (Lipinski definition) is 4. The molecule has 4 nitrogen and oxygen atoms in total. The van der Waals surface area contributed by atoms with Crippen LogP contribution in [0.3, 0.4) is 0 Å². The van der Waals surface area contributed by atoms with Crippen molar-refractivity contribution in [3.8, 4) is 5.75 Å². The molecule has 26 heavy (non-hydrogen) atoms. The first-order valence-corrected chi connectivity index (χ1v) is 9.50. The molecule has 1 atom stereocenters. The highest BCUT2D eigenvalue weighted by Gasteiger charge is 2.43. The fourth-order valence-electron chi connectivity index (χ4n) is 2.92. The van der Waals surface area contributed by atoms with Gasteiger partial charge in [-0.25, -0.2) is 4.79 Å². The van der Waals surface area contributed by atoms with E-state index < -0.39 is 17.4 Å². The largest absolute Gasteiger partial charge is 0.424 e. The number of esters is 1. The van der Waals surface area contributed by atoms with E-state index in [1.165, 1.54) is 44.3 Å². The summed E-state index contributed by atoms with van der Waals surface area (Å²) in [4.78, 5) is 24.5. The molecule has 1 aromatic rings. The van der Waals surface area contributed by atoms with Crippen LogP contribution in [-0.2, 0) is 9.59 Å². The second kappa shape index (κ2) is 10.1. The van der Waals surface area contributed by atoms with E-state index in [9.17, 15) is 14.7 Å². The second-order valence-corrected chi connectivity index (χ2v) is 6.76. The second-order valence-electron chi connectivity index (χ2n) is 6.76. The van der Waals surface area contributed by atoms with Gasteiger partial charge in [0.25, 0.3) is 0 Å². The van der Waals surface area contributed by atoms with Crippen LogP contribution in [0.4, 0.5) is 0 Å². The Morgan fingerprint density at radius 1 is 1.04 bits per heavy atom. The van der Waals surface area contributed by atoms with Crippen molar-refractivity contribution in [1.82, 2.24) is 0 Å². The minimum atomic E-state index is -2.24. The summed E-state index contributed by atoms with van der Waals surface area (Å²) in [5.41, 5.74) is -1.39. The lowest BCUT2D eigenvalue weighted by atomic mass is 9.89. The summed E-state index contributed by atoms with van der Waals surface area (Å²) in [5.74, 6) is -1.32. The molecular formula is C22H28O4. The lowest BCUT2D eigenvalue weighted by Crippen LogP contribution is -2.47. The third-order valence-corrected chi connectivity index (χ3v) is 4.56. The summed E-state index contributed by atoms with van der Waals surface area (Å²) >= 11 is 0. The Hall–Kier alpha value is -2.20. The van der Waals surface area contributed by atoms with Gasteiger partial charge in [0.2, 0.25) is 11.4 Å². The molecule has 0 heterocycles. The molecule has 0 aromatic heterocycles. The van der Waals surface area contributed by atoms with Crippen LogP contribution in [0.5, 0.6) is 5.75 Å². The summed E-state index contributed by atoms with van der Waals surface area (Å²) in [6, 6.07) is 8.41. The van der Waals surface area contributed by atoms with Crippen molar-refractivity contribution in [1.29, 1.82) is 0 Å². The normalized spacial score (nSPS) is 19.3. The number of rotatable bonds is 10. The molecule has 2 rings (SSSR count). The van der Waals surface area contributed by atoms with E-state index in [0.29, 0.717) is 5.75 Å². The standard InChI is InChI=1S/C22H28O4/c1-2-3-4-5-6-7-9-12-18-15-16-22(25,20(23)17-18)21(24)26-19-13-10-8-11-14-19/h8,10-11,13-17,25H,2-7,9,12H2,1H3. The number of carbonyl (C=O) groups is 2. The number of benzene rings is 1. The van der Waals surface area contributed by atoms with Gasteiger partial charge in [-0.3, -0.25) is 4.79 Å². The van der Waals surface area contributed by atoms with Crippen LogP contribution in [0.15, 0.2) is 54.1 Å². The Balaban J connectivity index is 1.81. The van der Waals surface area contributed by atoms with E-state index in [1.54, 1.807) is 36.4 Å². The SMILES string of the molecule is CCCCCCCCCC1=CC(=O)C(O)(C(=O)Oc2ccccc2)C=C1. The third kappa shape index (κ3) is 5.67. The predicted molar refractivity (Wildman–Crippen MR) is 102 cm³/mol. The maximum atomic E-state index is 12.3. The van der Waals surface area contributed by atoms with Gasteiger partial charge in [-0.15, -0.1) is 0 Å². The molecule has 1 aromatic carbocycles. The smallest absolute Gasteiger partial charge is 0.355 e. The molecule has 1 aliphatic carbocycles. The molecule has 4 heteroatoms. The molecule has 0 aliphatic heterocycles. The number of unbranched alkanes of at least 4 members (excludes halogenated alkanes) is 6. The number of carbonyl (C=O) groups excluding carboxylic acids is 2. The Morgan fingerprint density at radius 2 is 1.69 bits per heavy atom. The van der Waals surface area contributed by atoms with Gasteiger partial charge >= 0.3 is 5.97 Å². The molecule has 0 radical (unpaired) electrons. The van der Waals surface area contributed by atoms with Crippen LogP contribution in [0.25, 0.3) is 0 Å². The predicted octanol–water partition coefficient (Wildman–Crippen LogP) is 4.53. The number of ketones is 1. The van der Waals surface area contributed by atoms with Crippen molar-refractivity contribution in [2.24, 2.45) is 0 Å². The van der Waals surface area contributed by atoms with E-state index in [-0.39, 0.29) is 0 Å². The third-order valence-electron chi connectivity index (χ3n) is 4.56. The number of ether oxygens (including phenoxy) is 1. The van der Waals surface area contributed by atoms with Crippen molar-refractivity contribution < 1.29 is 19.4 Å². The monoisotopic (exact) mass is 356 g/mol. The molecule has 1 aliphatic rings. The van der Waals surface area contributed by atoms with Crippen molar-refractivity contribution in [2.45, 2.75) is 63.9 Å². The molecular weight excluding hydrogens is 328 g/mol. The van der Waals surface area contributed by atoms with E-state index in [4.69, 9.17) is 4.74 Å². The Labute approximate surface area is 155 Å². The fourth-order valence-corrected chi connectivity index (χ4v) is 2.92. The van der Waals surface area contributed by atoms with Crippen LogP contribution in [-0.4, -0.2) is 22.5 Å². The minimum Gasteiger partial charge on any atom is -0.424 e. The first-order chi connectivity index (χ1) is 12.6. The topological polar surface area (TPSA) is 63.6 Å². The summed E-state index contributed by atoms with van der Waals surface area (Å²) in [7, 11) is 0. The average molecular weight is 356 g/mol. The lowest BCUT2D eigenvalue weighted by Gasteiger charge is -2.23. The first-order valence-electron chi connectivity index (χ1n) is 9.50. The van der Waals surface area contributed by atoms with Gasteiger partial charge in [0.15, 0.2) is 0 Å². The van der Waals surface area contributed by atoms with Crippen molar-refractivity contribution in [2.75, 3.05) is 0 Å². The summed E-state index contributed by atoms with van der Waals surface area (Å²) in [6.07, 6.45) is 13.5. The summed E-state index contributed by atoms with van der Waals surface area (Å²) < 4.78 is 5.12. The zero-order valence-electron chi connectivity index (χ0n) is 15.4. The van der Waals surface area contributed by atoms with Crippen LogP contribution in [0.1, 0.15) is 58.3 Å². The van der Waals surface area contributed by atoms with Crippen LogP contribution in [0, 0.1) is 0 Å². The van der Waals surface area contributed by atoms with Gasteiger partial charge in [-0.05, 0) is 42.7 Å². The van der Waals surface area contributed by atoms with E-state index >= 15 is 0 Å². The Bertz CT molecular complexity index is 660. The molecule has 0 spiro atoms. The van der Waals surface area contributed by atoms with Crippen LogP contribution >= 0.6 is 0 Å². The van der Waals surface area contributed by atoms with E-state index in [0.717, 1.165) is 24.8 Å². The first kappa shape index (κ1) is 20.1. The lowest BCUT2D eigenvalue weighted by molar-refractivity contribution is -0.155. The fraction of sp³-hybridized carbons (Fsp3) is 0.455. The molecule has 0 fully saturated rings. The van der Waals surface area contributed by atoms with Crippen molar-refractivity contribution in [3.63, 3.8) is 0 Å². The highest BCUT2D eigenvalue weighted by Crippen LogP contribution is 2.24. The summed E-state index contributed by atoms with van der Waals surface area (Å²) in [6.45, 7) is 2.20. The Morgan fingerprint density at radius 3 is 2.35 bits per heavy atom. The number of para-hydroxylation sites is 1. The molecule has 0 bridgehead atoms. The molecule has 0 amide bonds. The maximum Gasteiger partial charge on any atom is 0.355 e. The molecule has 0 saturated heterocycles. The zero-order valence-corrected chi connectivity index (χ0v) is 15.4. The van der Waals surface area contributed by atoms with Gasteiger partial charge < -0.3 is 9.84 Å². The van der Waals surface area contributed by atoms with Gasteiger partial charge in [0.05, 0.1) is 0 Å². The highest BCUT2D eigenvalue weighted by molar-refractivity contribution is 6.15. The van der Waals surface area contributed by atoms with Crippen molar-refractivity contribution in [3.05, 3.63) is 54.1 Å². The van der Waals surface area contributed by atoms with Gasteiger partial charge in [0, 0.05) is 0 Å². The van der Waals surface area contributed by atoms with Crippen molar-refractivity contribution >= 4 is 11.8 Å². The van der Waals surface area contributed by atoms with Gasteiger partial charge in [-0.1, -0.05) is 69.7 Å². The number of allylic oxidation sites excluding steroid dienone is 2. The quantitative estimate of drug-likeness (QED) is 0.289. The number of hydrogen-bond donors (Lipinski definition) is 1. The van der Waals surface area contributed by atoms with Crippen LogP contribution in [0.2, 0.25) is 0 Å². The van der Waals surface area contributed by atoms with E-state index in [2.05, 4.69) is 6.92 Å². The Kier molecular flexibility index (Phi) is 7.79. The van der Waals surface area contributed by atoms with E-state index in [1.807, 2.05) is 0 Å². The highest BCUT2D eigenvalue weighted by atomic mass is 16.6. The number of aliphatic hydroxyl groups is 1. The molecule has 1 unspecified atom stereocenters. The zero-order chi connectivity index (χ0) is 18.8. The molecule has 140 valence electrons. The average Bonchev–Trinajstić information content (AvgIpc) is 2.64. The van der Waals surface area contributed by atoms with Crippen LogP contribution < -0.4 is 4.74 Å².